The van der Waals surface area contributed by atoms with Gasteiger partial charge >= 0.3 is 0 Å². The SMILES string of the molecule is CC(C(=O)NCc1cc(C)c(F)c(C)c1)=C1CNC1. The summed E-state index contributed by atoms with van der Waals surface area (Å²) >= 11 is 0. The summed E-state index contributed by atoms with van der Waals surface area (Å²) in [4.78, 5) is 11.9. The smallest absolute Gasteiger partial charge is 0.247 e. The number of hydrogen-bond acceptors (Lipinski definition) is 2. The average Bonchev–Trinajstić information content (AvgIpc) is 2.30. The van der Waals surface area contributed by atoms with Gasteiger partial charge in [-0.1, -0.05) is 12.1 Å². The fraction of sp³-hybridized carbons (Fsp3) is 0.400. The summed E-state index contributed by atoms with van der Waals surface area (Å²) in [6.45, 7) is 7.34. The normalized spacial score (nSPS) is 14.0. The molecule has 0 radical (unpaired) electrons. The lowest BCUT2D eigenvalue weighted by atomic mass is 10.0. The van der Waals surface area contributed by atoms with E-state index in [1.807, 2.05) is 6.92 Å². The first kappa shape index (κ1) is 13.7. The minimum absolute atomic E-state index is 0.0452. The fourth-order valence-corrected chi connectivity index (χ4v) is 2.13. The highest BCUT2D eigenvalue weighted by molar-refractivity contribution is 5.93. The van der Waals surface area contributed by atoms with Crippen LogP contribution in [0.4, 0.5) is 4.39 Å². The van der Waals surface area contributed by atoms with Crippen LogP contribution in [0.3, 0.4) is 0 Å². The molecule has 3 nitrogen and oxygen atoms in total. The van der Waals surface area contributed by atoms with E-state index in [9.17, 15) is 9.18 Å². The van der Waals surface area contributed by atoms with Crippen LogP contribution in [0.1, 0.15) is 23.6 Å². The molecule has 1 saturated heterocycles. The Hall–Kier alpha value is -1.68. The molecule has 1 aromatic carbocycles. The zero-order chi connectivity index (χ0) is 14.0. The Balaban J connectivity index is 2.01. The maximum atomic E-state index is 13.5. The van der Waals surface area contributed by atoms with Gasteiger partial charge < -0.3 is 10.6 Å². The molecule has 1 aliphatic heterocycles. The van der Waals surface area contributed by atoms with Gasteiger partial charge in [-0.05, 0) is 43.0 Å². The van der Waals surface area contributed by atoms with Gasteiger partial charge in [0.15, 0.2) is 0 Å². The Bertz CT molecular complexity index is 520. The maximum absolute atomic E-state index is 13.5. The van der Waals surface area contributed by atoms with Crippen LogP contribution in [0, 0.1) is 19.7 Å². The van der Waals surface area contributed by atoms with Crippen molar-refractivity contribution in [3.8, 4) is 0 Å². The minimum Gasteiger partial charge on any atom is -0.348 e. The highest BCUT2D eigenvalue weighted by atomic mass is 19.1. The van der Waals surface area contributed by atoms with Gasteiger partial charge in [-0.15, -0.1) is 0 Å². The lowest BCUT2D eigenvalue weighted by Gasteiger charge is -2.21. The second kappa shape index (κ2) is 5.53. The van der Waals surface area contributed by atoms with Crippen LogP contribution in [-0.2, 0) is 11.3 Å². The summed E-state index contributed by atoms with van der Waals surface area (Å²) in [5, 5.41) is 5.99. The van der Waals surface area contributed by atoms with E-state index in [2.05, 4.69) is 10.6 Å². The number of rotatable bonds is 3. The number of benzene rings is 1. The zero-order valence-electron chi connectivity index (χ0n) is 11.6. The number of nitrogens with one attached hydrogen (secondary N) is 2. The van der Waals surface area contributed by atoms with Crippen molar-refractivity contribution in [2.75, 3.05) is 13.1 Å². The van der Waals surface area contributed by atoms with Gasteiger partial charge in [-0.2, -0.15) is 0 Å². The van der Waals surface area contributed by atoms with Gasteiger partial charge in [-0.3, -0.25) is 4.79 Å². The lowest BCUT2D eigenvalue weighted by molar-refractivity contribution is -0.117. The van der Waals surface area contributed by atoms with Gasteiger partial charge in [0.2, 0.25) is 5.91 Å². The molecule has 0 atom stereocenters. The standard InChI is InChI=1S/C15H19FN2O/c1-9-4-12(5-10(2)14(9)16)6-18-15(19)11(3)13-7-17-8-13/h4-5,17H,6-8H2,1-3H3,(H,18,19). The molecule has 19 heavy (non-hydrogen) atoms. The second-order valence-corrected chi connectivity index (χ2v) is 5.06. The Kier molecular flexibility index (Phi) is 4.00. The highest BCUT2D eigenvalue weighted by Gasteiger charge is 2.15. The number of hydrogen-bond donors (Lipinski definition) is 2. The van der Waals surface area contributed by atoms with Crippen LogP contribution in [0.15, 0.2) is 23.3 Å². The van der Waals surface area contributed by atoms with Crippen molar-refractivity contribution >= 4 is 5.91 Å². The molecule has 0 bridgehead atoms. The molecule has 0 saturated carbocycles. The van der Waals surface area contributed by atoms with Crippen molar-refractivity contribution in [2.24, 2.45) is 0 Å². The van der Waals surface area contributed by atoms with E-state index < -0.39 is 0 Å². The molecule has 0 spiro atoms. The molecule has 1 aromatic rings. The third-order valence-electron chi connectivity index (χ3n) is 3.50. The second-order valence-electron chi connectivity index (χ2n) is 5.06. The molecular weight excluding hydrogens is 243 g/mol. The topological polar surface area (TPSA) is 41.1 Å². The lowest BCUT2D eigenvalue weighted by Crippen LogP contribution is -2.37. The van der Waals surface area contributed by atoms with Crippen molar-refractivity contribution in [3.05, 3.63) is 45.8 Å². The van der Waals surface area contributed by atoms with Crippen LogP contribution >= 0.6 is 0 Å². The fourth-order valence-electron chi connectivity index (χ4n) is 2.13. The number of amides is 1. The first-order valence-corrected chi connectivity index (χ1v) is 6.42. The molecule has 2 N–H and O–H groups in total. The quantitative estimate of drug-likeness (QED) is 0.818. The first-order chi connectivity index (χ1) is 8.99. The number of carbonyl (C=O) groups excluding carboxylic acids is 1. The van der Waals surface area contributed by atoms with Crippen LogP contribution in [-0.4, -0.2) is 19.0 Å². The van der Waals surface area contributed by atoms with Crippen molar-refractivity contribution < 1.29 is 9.18 Å². The van der Waals surface area contributed by atoms with Gasteiger partial charge in [0.1, 0.15) is 5.82 Å². The zero-order valence-corrected chi connectivity index (χ0v) is 11.6. The van der Waals surface area contributed by atoms with Crippen LogP contribution in [0.25, 0.3) is 0 Å². The maximum Gasteiger partial charge on any atom is 0.247 e. The Morgan fingerprint density at radius 2 is 1.89 bits per heavy atom. The third kappa shape index (κ3) is 3.01. The third-order valence-corrected chi connectivity index (χ3v) is 3.50. The number of carbonyl (C=O) groups is 1. The largest absolute Gasteiger partial charge is 0.348 e. The van der Waals surface area contributed by atoms with E-state index in [4.69, 9.17) is 0 Å². The molecule has 1 amide bonds. The molecule has 2 rings (SSSR count). The molecule has 0 aliphatic carbocycles. The van der Waals surface area contributed by atoms with Gasteiger partial charge in [0, 0.05) is 25.2 Å². The molecule has 4 heteroatoms. The molecule has 102 valence electrons. The van der Waals surface area contributed by atoms with E-state index >= 15 is 0 Å². The summed E-state index contributed by atoms with van der Waals surface area (Å²) in [7, 11) is 0. The van der Waals surface area contributed by atoms with E-state index in [-0.39, 0.29) is 11.7 Å². The summed E-state index contributed by atoms with van der Waals surface area (Å²) in [6.07, 6.45) is 0. The summed E-state index contributed by atoms with van der Waals surface area (Å²) in [6, 6.07) is 3.55. The molecule has 0 aromatic heterocycles. The Morgan fingerprint density at radius 1 is 1.32 bits per heavy atom. The Morgan fingerprint density at radius 3 is 2.37 bits per heavy atom. The summed E-state index contributed by atoms with van der Waals surface area (Å²) in [5.41, 5.74) is 4.09. The van der Waals surface area contributed by atoms with E-state index in [0.717, 1.165) is 29.8 Å². The average molecular weight is 262 g/mol. The molecule has 0 unspecified atom stereocenters. The molecular formula is C15H19FN2O. The number of aryl methyl sites for hydroxylation is 2. The van der Waals surface area contributed by atoms with Crippen molar-refractivity contribution in [2.45, 2.75) is 27.3 Å². The van der Waals surface area contributed by atoms with Crippen molar-refractivity contribution in [3.63, 3.8) is 0 Å². The molecule has 1 heterocycles. The summed E-state index contributed by atoms with van der Waals surface area (Å²) < 4.78 is 13.5. The molecule has 1 aliphatic rings. The van der Waals surface area contributed by atoms with Gasteiger partial charge in [-0.25, -0.2) is 4.39 Å². The van der Waals surface area contributed by atoms with Crippen LogP contribution < -0.4 is 10.6 Å². The predicted molar refractivity (Wildman–Crippen MR) is 73.3 cm³/mol. The summed E-state index contributed by atoms with van der Waals surface area (Å²) in [5.74, 6) is -0.218. The monoisotopic (exact) mass is 262 g/mol. The first-order valence-electron chi connectivity index (χ1n) is 6.42. The van der Waals surface area contributed by atoms with Gasteiger partial charge in [0.05, 0.1) is 0 Å². The van der Waals surface area contributed by atoms with E-state index in [1.165, 1.54) is 0 Å². The van der Waals surface area contributed by atoms with E-state index in [0.29, 0.717) is 17.7 Å². The van der Waals surface area contributed by atoms with Crippen LogP contribution in [0.5, 0.6) is 0 Å². The Labute approximate surface area is 112 Å². The van der Waals surface area contributed by atoms with E-state index in [1.54, 1.807) is 26.0 Å². The van der Waals surface area contributed by atoms with Gasteiger partial charge in [0.25, 0.3) is 0 Å². The number of halogens is 1. The molecule has 1 fully saturated rings. The predicted octanol–water partition coefficient (Wildman–Crippen LogP) is 1.98. The highest BCUT2D eigenvalue weighted by Crippen LogP contribution is 2.15. The van der Waals surface area contributed by atoms with Crippen molar-refractivity contribution in [1.29, 1.82) is 0 Å². The van der Waals surface area contributed by atoms with Crippen molar-refractivity contribution in [1.82, 2.24) is 10.6 Å². The minimum atomic E-state index is -0.172. The van der Waals surface area contributed by atoms with Crippen LogP contribution in [0.2, 0.25) is 0 Å².